The summed E-state index contributed by atoms with van der Waals surface area (Å²) in [7, 11) is -3.44. The van der Waals surface area contributed by atoms with Gasteiger partial charge in [-0.3, -0.25) is 5.43 Å². The van der Waals surface area contributed by atoms with Crippen LogP contribution >= 0.6 is 0 Å². The third-order valence-electron chi connectivity index (χ3n) is 3.68. The van der Waals surface area contributed by atoms with Gasteiger partial charge < -0.3 is 10.6 Å². The van der Waals surface area contributed by atoms with Crippen molar-refractivity contribution in [3.63, 3.8) is 0 Å². The largest absolute Gasteiger partial charge is 0.314 e. The van der Waals surface area contributed by atoms with Gasteiger partial charge in [0.2, 0.25) is 10.0 Å². The first kappa shape index (κ1) is 18.3. The lowest BCUT2D eigenvalue weighted by Crippen LogP contribution is -2.49. The van der Waals surface area contributed by atoms with Crippen LogP contribution < -0.4 is 20.8 Å². The number of rotatable bonds is 5. The molecular weight excluding hydrogens is 314 g/mol. The molecule has 1 aromatic rings. The van der Waals surface area contributed by atoms with Crippen molar-refractivity contribution in [3.8, 4) is 0 Å². The monoisotopic (exact) mass is 341 g/mol. The summed E-state index contributed by atoms with van der Waals surface area (Å²) in [4.78, 5) is 0.308. The highest BCUT2D eigenvalue weighted by Crippen LogP contribution is 2.09. The molecule has 130 valence electrons. The summed E-state index contributed by atoms with van der Waals surface area (Å²) in [6.07, 6.45) is 0. The van der Waals surface area contributed by atoms with Gasteiger partial charge >= 0.3 is 0 Å². The molecule has 0 atom stereocenters. The van der Waals surface area contributed by atoms with Crippen molar-refractivity contribution in [2.24, 2.45) is 0 Å². The van der Waals surface area contributed by atoms with Gasteiger partial charge in [-0.1, -0.05) is 17.7 Å². The molecule has 4 N–H and O–H groups in total. The third kappa shape index (κ3) is 6.54. The number of nitrogens with one attached hydrogen (secondary N) is 4. The maximum atomic E-state index is 12.2. The van der Waals surface area contributed by atoms with E-state index in [-0.39, 0.29) is 0 Å². The summed E-state index contributed by atoms with van der Waals surface area (Å²) < 4.78 is 27.1. The van der Waals surface area contributed by atoms with E-state index in [2.05, 4.69) is 25.8 Å². The summed E-state index contributed by atoms with van der Waals surface area (Å²) in [5, 5.41) is 8.71. The smallest absolute Gasteiger partial charge is 0.240 e. The van der Waals surface area contributed by atoms with Crippen LogP contribution in [0.2, 0.25) is 0 Å². The minimum Gasteiger partial charge on any atom is -0.314 e. The maximum absolute atomic E-state index is 12.2. The molecule has 1 aliphatic rings. The topological polar surface area (TPSA) is 85.5 Å². The second-order valence-corrected chi connectivity index (χ2v) is 7.37. The molecule has 0 aliphatic carbocycles. The molecule has 23 heavy (non-hydrogen) atoms. The Hall–Kier alpha value is -1.03. The van der Waals surface area contributed by atoms with Crippen LogP contribution in [0.5, 0.6) is 0 Å². The lowest BCUT2D eigenvalue weighted by molar-refractivity contribution is 0.189. The van der Waals surface area contributed by atoms with Crippen molar-refractivity contribution in [2.45, 2.75) is 11.8 Å². The average molecular weight is 341 g/mol. The number of sulfonamides is 1. The SMILES string of the molecule is Cc1ccc(S(=O)(=O)NCCN2CCNCCNCCN2)cc1. The molecule has 1 heterocycles. The van der Waals surface area contributed by atoms with Crippen molar-refractivity contribution in [1.82, 2.24) is 25.8 Å². The molecule has 1 saturated heterocycles. The van der Waals surface area contributed by atoms with Crippen LogP contribution in [0.4, 0.5) is 0 Å². The van der Waals surface area contributed by atoms with Gasteiger partial charge in [-0.2, -0.15) is 0 Å². The Labute approximate surface area is 138 Å². The Morgan fingerprint density at radius 2 is 1.70 bits per heavy atom. The predicted octanol–water partition coefficient (Wildman–Crippen LogP) is -0.727. The standard InChI is InChI=1S/C15H27N5O2S/c1-14-2-4-15(5-3-14)23(21,22)19-11-13-20-12-10-17-7-6-16-8-9-18-20/h2-5,16-19H,6-13H2,1H3. The minimum absolute atomic E-state index is 0.308. The molecule has 0 radical (unpaired) electrons. The quantitative estimate of drug-likeness (QED) is 0.565. The number of hydrazine groups is 1. The third-order valence-corrected chi connectivity index (χ3v) is 5.16. The van der Waals surface area contributed by atoms with E-state index in [1.165, 1.54) is 0 Å². The molecule has 0 unspecified atom stereocenters. The first-order valence-electron chi connectivity index (χ1n) is 8.04. The molecule has 0 bridgehead atoms. The van der Waals surface area contributed by atoms with Crippen molar-refractivity contribution in [3.05, 3.63) is 29.8 Å². The molecule has 2 rings (SSSR count). The van der Waals surface area contributed by atoms with Crippen LogP contribution in [0.1, 0.15) is 5.56 Å². The second kappa shape index (κ2) is 9.31. The fourth-order valence-electron chi connectivity index (χ4n) is 2.33. The van der Waals surface area contributed by atoms with Gasteiger partial charge in [0, 0.05) is 52.4 Å². The summed E-state index contributed by atoms with van der Waals surface area (Å²) in [5.41, 5.74) is 4.36. The van der Waals surface area contributed by atoms with Crippen molar-refractivity contribution < 1.29 is 8.42 Å². The van der Waals surface area contributed by atoms with Gasteiger partial charge in [-0.05, 0) is 19.1 Å². The highest BCUT2D eigenvalue weighted by Gasteiger charge is 2.14. The van der Waals surface area contributed by atoms with Crippen LogP contribution in [0.15, 0.2) is 29.2 Å². The number of hydrogen-bond acceptors (Lipinski definition) is 6. The van der Waals surface area contributed by atoms with Crippen molar-refractivity contribution in [1.29, 1.82) is 0 Å². The Balaban J connectivity index is 1.80. The van der Waals surface area contributed by atoms with E-state index in [1.54, 1.807) is 24.3 Å². The zero-order chi connectivity index (χ0) is 16.5. The first-order chi connectivity index (χ1) is 11.1. The van der Waals surface area contributed by atoms with Crippen molar-refractivity contribution >= 4 is 10.0 Å². The van der Waals surface area contributed by atoms with Gasteiger partial charge in [-0.25, -0.2) is 18.1 Å². The van der Waals surface area contributed by atoms with Gasteiger partial charge in [0.05, 0.1) is 4.90 Å². The number of aryl methyl sites for hydroxylation is 1. The maximum Gasteiger partial charge on any atom is 0.240 e. The lowest BCUT2D eigenvalue weighted by Gasteiger charge is -2.25. The molecule has 7 nitrogen and oxygen atoms in total. The average Bonchev–Trinajstić information content (AvgIpc) is 2.53. The van der Waals surface area contributed by atoms with E-state index in [1.807, 2.05) is 6.92 Å². The zero-order valence-electron chi connectivity index (χ0n) is 13.6. The molecule has 1 aromatic carbocycles. The fraction of sp³-hybridized carbons (Fsp3) is 0.600. The zero-order valence-corrected chi connectivity index (χ0v) is 14.5. The van der Waals surface area contributed by atoms with Crippen LogP contribution in [0, 0.1) is 6.92 Å². The molecule has 0 aromatic heterocycles. The Morgan fingerprint density at radius 3 is 2.43 bits per heavy atom. The van der Waals surface area contributed by atoms with Crippen LogP contribution in [0.25, 0.3) is 0 Å². The van der Waals surface area contributed by atoms with Crippen LogP contribution in [-0.2, 0) is 10.0 Å². The predicted molar refractivity (Wildman–Crippen MR) is 91.7 cm³/mol. The molecule has 0 saturated carbocycles. The molecular formula is C15H27N5O2S. The van der Waals surface area contributed by atoms with E-state index >= 15 is 0 Å². The molecule has 1 aliphatic heterocycles. The van der Waals surface area contributed by atoms with Crippen LogP contribution in [-0.4, -0.2) is 65.8 Å². The summed E-state index contributed by atoms with van der Waals surface area (Å²) in [6, 6.07) is 6.88. The normalized spacial score (nSPS) is 18.7. The van der Waals surface area contributed by atoms with Gasteiger partial charge in [0.25, 0.3) is 0 Å². The first-order valence-corrected chi connectivity index (χ1v) is 9.52. The number of benzene rings is 1. The highest BCUT2D eigenvalue weighted by atomic mass is 32.2. The van der Waals surface area contributed by atoms with E-state index in [0.717, 1.165) is 44.8 Å². The summed E-state index contributed by atoms with van der Waals surface area (Å²) in [5.74, 6) is 0. The molecule has 0 amide bonds. The van der Waals surface area contributed by atoms with Crippen LogP contribution in [0.3, 0.4) is 0 Å². The van der Waals surface area contributed by atoms with Gasteiger partial charge in [0.1, 0.15) is 0 Å². The van der Waals surface area contributed by atoms with Gasteiger partial charge in [-0.15, -0.1) is 0 Å². The van der Waals surface area contributed by atoms with E-state index < -0.39 is 10.0 Å². The number of nitrogens with zero attached hydrogens (tertiary/aromatic N) is 1. The molecule has 8 heteroatoms. The van der Waals surface area contributed by atoms with E-state index in [4.69, 9.17) is 0 Å². The Bertz CT molecular complexity index is 552. The molecule has 1 fully saturated rings. The Kier molecular flexibility index (Phi) is 7.41. The molecule has 0 spiro atoms. The van der Waals surface area contributed by atoms with E-state index in [0.29, 0.717) is 18.0 Å². The van der Waals surface area contributed by atoms with Gasteiger partial charge in [0.15, 0.2) is 0 Å². The van der Waals surface area contributed by atoms with Crippen molar-refractivity contribution in [2.75, 3.05) is 52.4 Å². The summed E-state index contributed by atoms with van der Waals surface area (Å²) in [6.45, 7) is 8.30. The minimum atomic E-state index is -3.44. The summed E-state index contributed by atoms with van der Waals surface area (Å²) >= 11 is 0. The second-order valence-electron chi connectivity index (χ2n) is 5.61. The number of hydrogen-bond donors (Lipinski definition) is 4. The lowest BCUT2D eigenvalue weighted by atomic mass is 10.2. The fourth-order valence-corrected chi connectivity index (χ4v) is 3.35. The van der Waals surface area contributed by atoms with E-state index in [9.17, 15) is 8.42 Å². The highest BCUT2D eigenvalue weighted by molar-refractivity contribution is 7.89. The Morgan fingerprint density at radius 1 is 1.04 bits per heavy atom.